The van der Waals surface area contributed by atoms with Crippen LogP contribution in [-0.4, -0.2) is 30.0 Å². The zero-order valence-electron chi connectivity index (χ0n) is 11.5. The number of ether oxygens (including phenoxy) is 1. The molecule has 0 aliphatic carbocycles. The summed E-state index contributed by atoms with van der Waals surface area (Å²) in [5.41, 5.74) is 1.07. The van der Waals surface area contributed by atoms with Gasteiger partial charge in [-0.2, -0.15) is 0 Å². The van der Waals surface area contributed by atoms with Crippen LogP contribution in [0.25, 0.3) is 0 Å². The van der Waals surface area contributed by atoms with E-state index in [1.165, 1.54) is 0 Å². The molecule has 0 saturated carbocycles. The van der Waals surface area contributed by atoms with Gasteiger partial charge in [-0.05, 0) is 44.4 Å². The van der Waals surface area contributed by atoms with Gasteiger partial charge in [-0.3, -0.25) is 0 Å². The fourth-order valence-electron chi connectivity index (χ4n) is 2.78. The lowest BCUT2D eigenvalue weighted by Gasteiger charge is -2.34. The molecule has 106 valence electrons. The molecule has 1 heterocycles. The number of benzene rings is 1. The molecule has 2 N–H and O–H groups in total. The van der Waals surface area contributed by atoms with Crippen molar-refractivity contribution >= 4 is 11.6 Å². The molecule has 3 unspecified atom stereocenters. The Labute approximate surface area is 119 Å². The average molecular weight is 284 g/mol. The predicted octanol–water partition coefficient (Wildman–Crippen LogP) is 2.92. The molecule has 4 heteroatoms. The summed E-state index contributed by atoms with van der Waals surface area (Å²) in [6.45, 7) is 4.28. The van der Waals surface area contributed by atoms with Crippen molar-refractivity contribution in [3.63, 3.8) is 0 Å². The van der Waals surface area contributed by atoms with E-state index in [1.54, 1.807) is 0 Å². The van der Waals surface area contributed by atoms with Crippen LogP contribution in [0, 0.1) is 0 Å². The zero-order valence-corrected chi connectivity index (χ0v) is 12.2. The third kappa shape index (κ3) is 4.18. The summed E-state index contributed by atoms with van der Waals surface area (Å²) in [4.78, 5) is 0. The Morgan fingerprint density at radius 3 is 2.37 bits per heavy atom. The molecule has 0 radical (unpaired) electrons. The van der Waals surface area contributed by atoms with Gasteiger partial charge in [0.2, 0.25) is 0 Å². The number of aliphatic hydroxyl groups excluding tert-OH is 1. The Kier molecular flexibility index (Phi) is 5.22. The Balaban J connectivity index is 2.00. The minimum Gasteiger partial charge on any atom is -0.394 e. The van der Waals surface area contributed by atoms with Gasteiger partial charge in [-0.15, -0.1) is 0 Å². The van der Waals surface area contributed by atoms with Crippen LogP contribution >= 0.6 is 11.6 Å². The Morgan fingerprint density at radius 1 is 1.26 bits per heavy atom. The summed E-state index contributed by atoms with van der Waals surface area (Å²) < 4.78 is 5.73. The quantitative estimate of drug-likeness (QED) is 0.893. The fourth-order valence-corrected chi connectivity index (χ4v) is 2.90. The summed E-state index contributed by atoms with van der Waals surface area (Å²) >= 11 is 5.89. The van der Waals surface area contributed by atoms with Crippen LogP contribution in [0.3, 0.4) is 0 Å². The van der Waals surface area contributed by atoms with Crippen LogP contribution < -0.4 is 5.32 Å². The van der Waals surface area contributed by atoms with Crippen molar-refractivity contribution in [2.45, 2.75) is 51.0 Å². The van der Waals surface area contributed by atoms with Crippen molar-refractivity contribution in [3.8, 4) is 0 Å². The SMILES string of the molecule is CC1CC(NC(CO)c2ccc(Cl)cc2)CC(C)O1. The topological polar surface area (TPSA) is 41.5 Å². The number of nitrogens with one attached hydrogen (secondary N) is 1. The molecule has 1 saturated heterocycles. The monoisotopic (exact) mass is 283 g/mol. The van der Waals surface area contributed by atoms with Crippen molar-refractivity contribution in [3.05, 3.63) is 34.9 Å². The molecule has 1 aromatic carbocycles. The van der Waals surface area contributed by atoms with Gasteiger partial charge >= 0.3 is 0 Å². The van der Waals surface area contributed by atoms with Crippen molar-refractivity contribution in [2.75, 3.05) is 6.61 Å². The predicted molar refractivity (Wildman–Crippen MR) is 77.4 cm³/mol. The van der Waals surface area contributed by atoms with E-state index in [0.29, 0.717) is 11.1 Å². The van der Waals surface area contributed by atoms with E-state index >= 15 is 0 Å². The van der Waals surface area contributed by atoms with Crippen LogP contribution in [0.1, 0.15) is 38.3 Å². The average Bonchev–Trinajstić information content (AvgIpc) is 2.36. The fraction of sp³-hybridized carbons (Fsp3) is 0.600. The molecular weight excluding hydrogens is 262 g/mol. The summed E-state index contributed by atoms with van der Waals surface area (Å²) in [7, 11) is 0. The standard InChI is InChI=1S/C15H22ClNO2/c1-10-7-14(8-11(2)19-10)17-15(9-18)12-3-5-13(16)6-4-12/h3-6,10-11,14-15,17-18H,7-9H2,1-2H3. The lowest BCUT2D eigenvalue weighted by atomic mass is 9.97. The van der Waals surface area contributed by atoms with Crippen LogP contribution in [-0.2, 0) is 4.74 Å². The minimum absolute atomic E-state index is 0.0419. The van der Waals surface area contributed by atoms with Crippen LogP contribution in [0.15, 0.2) is 24.3 Å². The van der Waals surface area contributed by atoms with Crippen molar-refractivity contribution in [1.29, 1.82) is 0 Å². The highest BCUT2D eigenvalue weighted by molar-refractivity contribution is 6.30. The first-order valence-electron chi connectivity index (χ1n) is 6.86. The van der Waals surface area contributed by atoms with Gasteiger partial charge in [0.05, 0.1) is 24.9 Å². The number of aliphatic hydroxyl groups is 1. The Morgan fingerprint density at radius 2 is 1.84 bits per heavy atom. The number of hydrogen-bond donors (Lipinski definition) is 2. The van der Waals surface area contributed by atoms with E-state index in [2.05, 4.69) is 19.2 Å². The molecule has 0 spiro atoms. The highest BCUT2D eigenvalue weighted by atomic mass is 35.5. The van der Waals surface area contributed by atoms with Gasteiger partial charge in [-0.1, -0.05) is 23.7 Å². The van der Waals surface area contributed by atoms with E-state index in [9.17, 15) is 5.11 Å². The molecule has 3 nitrogen and oxygen atoms in total. The van der Waals surface area contributed by atoms with Gasteiger partial charge in [0, 0.05) is 11.1 Å². The first-order chi connectivity index (χ1) is 9.08. The van der Waals surface area contributed by atoms with E-state index in [1.807, 2.05) is 24.3 Å². The van der Waals surface area contributed by atoms with E-state index in [-0.39, 0.29) is 24.9 Å². The summed E-state index contributed by atoms with van der Waals surface area (Å²) in [5, 5.41) is 13.8. The molecule has 1 fully saturated rings. The lowest BCUT2D eigenvalue weighted by molar-refractivity contribution is -0.0445. The molecule has 1 aliphatic rings. The molecule has 1 aliphatic heterocycles. The van der Waals surface area contributed by atoms with Gasteiger partial charge in [-0.25, -0.2) is 0 Å². The highest BCUT2D eigenvalue weighted by Crippen LogP contribution is 2.23. The van der Waals surface area contributed by atoms with Gasteiger partial charge in [0.15, 0.2) is 0 Å². The molecule has 3 atom stereocenters. The maximum Gasteiger partial charge on any atom is 0.0626 e. The first kappa shape index (κ1) is 14.8. The maximum atomic E-state index is 9.58. The molecule has 1 aromatic rings. The second-order valence-electron chi connectivity index (χ2n) is 5.38. The first-order valence-corrected chi connectivity index (χ1v) is 7.24. The number of halogens is 1. The highest BCUT2D eigenvalue weighted by Gasteiger charge is 2.26. The van der Waals surface area contributed by atoms with Gasteiger partial charge in [0.1, 0.15) is 0 Å². The summed E-state index contributed by atoms with van der Waals surface area (Å²) in [5.74, 6) is 0. The molecular formula is C15H22ClNO2. The van der Waals surface area contributed by atoms with Crippen molar-refractivity contribution in [2.24, 2.45) is 0 Å². The molecule has 0 amide bonds. The molecule has 19 heavy (non-hydrogen) atoms. The minimum atomic E-state index is -0.0419. The summed E-state index contributed by atoms with van der Waals surface area (Å²) in [6, 6.07) is 7.98. The third-order valence-electron chi connectivity index (χ3n) is 3.59. The van der Waals surface area contributed by atoms with Crippen LogP contribution in [0.4, 0.5) is 0 Å². The van der Waals surface area contributed by atoms with Crippen molar-refractivity contribution < 1.29 is 9.84 Å². The zero-order chi connectivity index (χ0) is 13.8. The normalized spacial score (nSPS) is 29.2. The van der Waals surface area contributed by atoms with E-state index < -0.39 is 0 Å². The van der Waals surface area contributed by atoms with E-state index in [0.717, 1.165) is 18.4 Å². The molecule has 2 rings (SSSR count). The van der Waals surface area contributed by atoms with Crippen molar-refractivity contribution in [1.82, 2.24) is 5.32 Å². The second-order valence-corrected chi connectivity index (χ2v) is 5.82. The van der Waals surface area contributed by atoms with Gasteiger partial charge in [0.25, 0.3) is 0 Å². The van der Waals surface area contributed by atoms with E-state index in [4.69, 9.17) is 16.3 Å². The summed E-state index contributed by atoms with van der Waals surface area (Å²) in [6.07, 6.45) is 2.50. The number of rotatable bonds is 4. The largest absolute Gasteiger partial charge is 0.394 e. The second kappa shape index (κ2) is 6.71. The lowest BCUT2D eigenvalue weighted by Crippen LogP contribution is -2.43. The van der Waals surface area contributed by atoms with Crippen LogP contribution in [0.2, 0.25) is 5.02 Å². The smallest absolute Gasteiger partial charge is 0.0626 e. The Bertz CT molecular complexity index is 386. The van der Waals surface area contributed by atoms with Crippen LogP contribution in [0.5, 0.6) is 0 Å². The molecule has 0 aromatic heterocycles. The maximum absolute atomic E-state index is 9.58. The third-order valence-corrected chi connectivity index (χ3v) is 3.84. The number of hydrogen-bond acceptors (Lipinski definition) is 3. The Hall–Kier alpha value is -0.610. The molecule has 0 bridgehead atoms. The van der Waals surface area contributed by atoms with Gasteiger partial charge < -0.3 is 15.2 Å².